The van der Waals surface area contributed by atoms with E-state index in [9.17, 15) is 4.79 Å². The van der Waals surface area contributed by atoms with Gasteiger partial charge in [0.2, 0.25) is 0 Å². The summed E-state index contributed by atoms with van der Waals surface area (Å²) in [5.41, 5.74) is 12.4. The third-order valence-corrected chi connectivity index (χ3v) is 4.22. The van der Waals surface area contributed by atoms with Gasteiger partial charge in [-0.15, -0.1) is 0 Å². The number of aromatic amines is 2. The minimum atomic E-state index is -0.968. The van der Waals surface area contributed by atoms with E-state index in [1.54, 1.807) is 0 Å². The van der Waals surface area contributed by atoms with Gasteiger partial charge in [0, 0.05) is 22.1 Å². The lowest BCUT2D eigenvalue weighted by Crippen LogP contribution is -2.10. The molecule has 2 aliphatic heterocycles. The molecule has 29 heavy (non-hydrogen) atoms. The van der Waals surface area contributed by atoms with Crippen molar-refractivity contribution in [1.29, 1.82) is 0 Å². The summed E-state index contributed by atoms with van der Waals surface area (Å²) in [4.78, 5) is 25.3. The molecule has 0 saturated carbocycles. The van der Waals surface area contributed by atoms with Gasteiger partial charge in [-0.05, 0) is 72.8 Å². The number of hydrogen-bond acceptors (Lipinski definition) is 4. The zero-order valence-electron chi connectivity index (χ0n) is 15.5. The van der Waals surface area contributed by atoms with Gasteiger partial charge >= 0.3 is 5.97 Å². The smallest absolute Gasteiger partial charge is 0.317 e. The average Bonchev–Trinajstić information content (AvgIpc) is 3.47. The fraction of sp³-hybridized carbons (Fsp3) is 0.0455. The summed E-state index contributed by atoms with van der Waals surface area (Å²) in [5, 5.41) is 7.60. The predicted molar refractivity (Wildman–Crippen MR) is 116 cm³/mol. The molecule has 7 heteroatoms. The number of aromatic nitrogens is 4. The second kappa shape index (κ2) is 7.95. The molecular weight excluding hydrogens is 366 g/mol. The van der Waals surface area contributed by atoms with E-state index < -0.39 is 5.97 Å². The molecule has 7 nitrogen and oxygen atoms in total. The number of nitrogens with zero attached hydrogens (tertiary/aromatic N) is 2. The zero-order chi connectivity index (χ0) is 20.2. The Morgan fingerprint density at radius 1 is 0.724 bits per heavy atom. The van der Waals surface area contributed by atoms with Crippen LogP contribution in [-0.4, -0.2) is 37.6 Å². The summed E-state index contributed by atoms with van der Waals surface area (Å²) in [6, 6.07) is 16.4. The van der Waals surface area contributed by atoms with Gasteiger partial charge in [-0.2, -0.15) is 0 Å². The van der Waals surface area contributed by atoms with Crippen LogP contribution in [0.2, 0.25) is 0 Å². The molecule has 0 aromatic carbocycles. The van der Waals surface area contributed by atoms with Crippen molar-refractivity contribution in [2.75, 3.05) is 6.54 Å². The molecule has 0 saturated heterocycles. The largest absolute Gasteiger partial charge is 0.480 e. The van der Waals surface area contributed by atoms with Crippen LogP contribution in [0.5, 0.6) is 0 Å². The van der Waals surface area contributed by atoms with Crippen molar-refractivity contribution >= 4 is 52.3 Å². The lowest BCUT2D eigenvalue weighted by Gasteiger charge is -1.85. The maximum absolute atomic E-state index is 9.24. The average molecular weight is 385 g/mol. The van der Waals surface area contributed by atoms with E-state index in [1.165, 1.54) is 0 Å². The number of hydrogen-bond donors (Lipinski definition) is 4. The third kappa shape index (κ3) is 4.66. The Morgan fingerprint density at radius 3 is 1.24 bits per heavy atom. The fourth-order valence-electron chi connectivity index (χ4n) is 2.94. The minimum absolute atomic E-state index is 0.278. The van der Waals surface area contributed by atoms with E-state index >= 15 is 0 Å². The van der Waals surface area contributed by atoms with Crippen LogP contribution < -0.4 is 5.73 Å². The Balaban J connectivity index is 0.000000369. The Bertz CT molecular complexity index is 1110. The van der Waals surface area contributed by atoms with E-state index in [-0.39, 0.29) is 6.54 Å². The summed E-state index contributed by atoms with van der Waals surface area (Å²) in [7, 11) is 0. The van der Waals surface area contributed by atoms with Gasteiger partial charge in [-0.25, -0.2) is 9.97 Å². The maximum Gasteiger partial charge on any atom is 0.317 e. The molecular formula is C22H19N5O2. The van der Waals surface area contributed by atoms with Crippen LogP contribution in [0.25, 0.3) is 46.4 Å². The number of H-pyrrole nitrogens is 2. The van der Waals surface area contributed by atoms with E-state index in [4.69, 9.17) is 5.11 Å². The lowest BCUT2D eigenvalue weighted by atomic mass is 10.3. The first-order valence-corrected chi connectivity index (χ1v) is 9.04. The third-order valence-electron chi connectivity index (χ3n) is 4.22. The number of carboxylic acid groups (broad SMARTS) is 1. The quantitative estimate of drug-likeness (QED) is 0.351. The molecule has 5 heterocycles. The van der Waals surface area contributed by atoms with Gasteiger partial charge in [-0.3, -0.25) is 4.79 Å². The second-order valence-corrected chi connectivity index (χ2v) is 6.50. The number of aliphatic carboxylic acids is 1. The van der Waals surface area contributed by atoms with Crippen molar-refractivity contribution in [2.45, 2.75) is 0 Å². The summed E-state index contributed by atoms with van der Waals surface area (Å²) < 4.78 is 0. The zero-order valence-corrected chi connectivity index (χ0v) is 15.5. The fourth-order valence-corrected chi connectivity index (χ4v) is 2.94. The van der Waals surface area contributed by atoms with Crippen molar-refractivity contribution in [3.63, 3.8) is 0 Å². The maximum atomic E-state index is 9.24. The Hall–Kier alpha value is -3.97. The van der Waals surface area contributed by atoms with Gasteiger partial charge in [0.15, 0.2) is 0 Å². The van der Waals surface area contributed by atoms with Gasteiger partial charge < -0.3 is 20.8 Å². The highest BCUT2D eigenvalue weighted by Crippen LogP contribution is 2.16. The van der Waals surface area contributed by atoms with Crippen molar-refractivity contribution in [2.24, 2.45) is 5.73 Å². The summed E-state index contributed by atoms with van der Waals surface area (Å²) in [5.74, 6) is -0.968. The molecule has 3 aromatic heterocycles. The lowest BCUT2D eigenvalue weighted by molar-refractivity contribution is -0.135. The number of nitrogens with one attached hydrogen (secondary N) is 2. The molecule has 0 aliphatic carbocycles. The van der Waals surface area contributed by atoms with Gasteiger partial charge in [0.25, 0.3) is 0 Å². The van der Waals surface area contributed by atoms with E-state index in [2.05, 4.69) is 49.9 Å². The molecule has 0 spiro atoms. The monoisotopic (exact) mass is 385 g/mol. The van der Waals surface area contributed by atoms with Crippen LogP contribution in [0.3, 0.4) is 0 Å². The first-order valence-electron chi connectivity index (χ1n) is 9.04. The van der Waals surface area contributed by atoms with Gasteiger partial charge in [0.1, 0.15) is 0 Å². The molecule has 0 amide bonds. The molecule has 8 bridgehead atoms. The summed E-state index contributed by atoms with van der Waals surface area (Å²) in [6.45, 7) is -0.278. The Morgan fingerprint density at radius 2 is 1.00 bits per heavy atom. The van der Waals surface area contributed by atoms with E-state index in [0.29, 0.717) is 0 Å². The number of rotatable bonds is 1. The normalized spacial score (nSPS) is 11.8. The van der Waals surface area contributed by atoms with Crippen LogP contribution >= 0.6 is 0 Å². The molecule has 5 rings (SSSR count). The first-order chi connectivity index (χ1) is 14.1. The highest BCUT2D eigenvalue weighted by Gasteiger charge is 2.01. The number of carbonyl (C=O) groups is 1. The highest BCUT2D eigenvalue weighted by atomic mass is 16.4. The molecule has 0 fully saturated rings. The van der Waals surface area contributed by atoms with Crippen LogP contribution in [0, 0.1) is 0 Å². The number of fused-ring (bicyclic) bond motifs is 8. The molecule has 144 valence electrons. The summed E-state index contributed by atoms with van der Waals surface area (Å²) in [6.07, 6.45) is 8.09. The second-order valence-electron chi connectivity index (χ2n) is 6.50. The van der Waals surface area contributed by atoms with Crippen LogP contribution in [0.4, 0.5) is 0 Å². The Kier molecular flexibility index (Phi) is 5.05. The molecule has 3 aromatic rings. The standard InChI is InChI=1S/C20H14N4.C2H5NO2/c1-2-14-10-16-5-6-18(23-16)12-20-8-7-19(24-20)11-17-4-3-15(22-17)9-13(1)21-14;3-1-2(4)5/h1-12,21,24H;1,3H2,(H,4,5). The van der Waals surface area contributed by atoms with E-state index in [1.807, 2.05) is 48.6 Å². The first kappa shape index (κ1) is 18.4. The minimum Gasteiger partial charge on any atom is -0.480 e. The van der Waals surface area contributed by atoms with Crippen molar-refractivity contribution in [3.05, 3.63) is 71.3 Å². The van der Waals surface area contributed by atoms with Crippen molar-refractivity contribution in [3.8, 4) is 0 Å². The predicted octanol–water partition coefficient (Wildman–Crippen LogP) is 3.69. The topological polar surface area (TPSA) is 121 Å². The summed E-state index contributed by atoms with van der Waals surface area (Å²) >= 11 is 0. The van der Waals surface area contributed by atoms with Gasteiger partial charge in [-0.1, -0.05) is 0 Å². The molecule has 0 atom stereocenters. The van der Waals surface area contributed by atoms with E-state index in [0.717, 1.165) is 44.8 Å². The highest BCUT2D eigenvalue weighted by molar-refractivity contribution is 5.77. The number of carboxylic acids is 1. The van der Waals surface area contributed by atoms with Gasteiger partial charge in [0.05, 0.1) is 29.3 Å². The SMILES string of the molecule is C1=Cc2cc3ccc(cc4nc(cc5ccc(cc1n2)[nH]5)C=C4)[nH]3.NCC(=O)O. The molecule has 0 radical (unpaired) electrons. The molecule has 0 unspecified atom stereocenters. The number of nitrogens with two attached hydrogens (primary N) is 1. The van der Waals surface area contributed by atoms with Crippen LogP contribution in [-0.2, 0) is 4.79 Å². The van der Waals surface area contributed by atoms with Crippen molar-refractivity contribution in [1.82, 2.24) is 19.9 Å². The molecule has 2 aliphatic rings. The molecule has 5 N–H and O–H groups in total. The Labute approximate surface area is 166 Å². The van der Waals surface area contributed by atoms with Crippen LogP contribution in [0.1, 0.15) is 22.8 Å². The van der Waals surface area contributed by atoms with Crippen molar-refractivity contribution < 1.29 is 9.90 Å². The van der Waals surface area contributed by atoms with Crippen LogP contribution in [0.15, 0.2) is 48.5 Å².